The van der Waals surface area contributed by atoms with E-state index in [1.54, 1.807) is 23.8 Å². The van der Waals surface area contributed by atoms with Gasteiger partial charge in [0.15, 0.2) is 0 Å². The lowest BCUT2D eigenvalue weighted by atomic mass is 10.4. The molecule has 0 aliphatic carbocycles. The molecule has 2 N–H and O–H groups in total. The van der Waals surface area contributed by atoms with E-state index < -0.39 is 0 Å². The number of hydrogen-bond acceptors (Lipinski definition) is 4. The first-order valence-electron chi connectivity index (χ1n) is 4.26. The van der Waals surface area contributed by atoms with E-state index in [4.69, 9.17) is 11.6 Å². The molecule has 15 heavy (non-hydrogen) atoms. The first kappa shape index (κ1) is 10.2. The van der Waals surface area contributed by atoms with Crippen LogP contribution in [0.25, 0.3) is 0 Å². The highest BCUT2D eigenvalue weighted by Crippen LogP contribution is 2.19. The fourth-order valence-corrected chi connectivity index (χ4v) is 1.88. The number of anilines is 1. The molecule has 6 heteroatoms. The van der Waals surface area contributed by atoms with Gasteiger partial charge in [0.05, 0.1) is 17.3 Å². The van der Waals surface area contributed by atoms with Crippen molar-refractivity contribution >= 4 is 28.6 Å². The van der Waals surface area contributed by atoms with Crippen LogP contribution in [-0.4, -0.2) is 9.97 Å². The molecule has 2 aromatic heterocycles. The average Bonchev–Trinajstić information content (AvgIpc) is 2.63. The summed E-state index contributed by atoms with van der Waals surface area (Å²) in [6, 6.07) is 1.78. The molecule has 78 valence electrons. The van der Waals surface area contributed by atoms with Gasteiger partial charge in [-0.05, 0) is 6.07 Å². The van der Waals surface area contributed by atoms with Crippen molar-refractivity contribution in [3.8, 4) is 0 Å². The lowest BCUT2D eigenvalue weighted by Crippen LogP contribution is -2.03. The monoisotopic (exact) mass is 241 g/mol. The Labute approximate surface area is 94.9 Å². The van der Waals surface area contributed by atoms with Crippen molar-refractivity contribution in [3.63, 3.8) is 0 Å². The van der Waals surface area contributed by atoms with Crippen LogP contribution in [0.2, 0.25) is 5.02 Å². The van der Waals surface area contributed by atoms with Crippen LogP contribution in [0, 0.1) is 0 Å². The zero-order valence-electron chi connectivity index (χ0n) is 7.66. The highest BCUT2D eigenvalue weighted by molar-refractivity contribution is 7.07. The van der Waals surface area contributed by atoms with Gasteiger partial charge in [0.25, 0.3) is 0 Å². The summed E-state index contributed by atoms with van der Waals surface area (Å²) in [7, 11) is 0. The molecule has 0 radical (unpaired) electrons. The van der Waals surface area contributed by atoms with Crippen LogP contribution in [-0.2, 0) is 6.54 Å². The molecule has 0 amide bonds. The molecular weight excluding hydrogens is 234 g/mol. The van der Waals surface area contributed by atoms with Gasteiger partial charge in [-0.25, -0.2) is 0 Å². The molecule has 0 unspecified atom stereocenters. The molecule has 0 saturated carbocycles. The van der Waals surface area contributed by atoms with E-state index in [2.05, 4.69) is 15.3 Å². The number of nitrogens with one attached hydrogen (secondary N) is 2. The molecule has 2 heterocycles. The number of H-pyrrole nitrogens is 1. The normalized spacial score (nSPS) is 10.2. The second kappa shape index (κ2) is 4.46. The number of halogens is 1. The van der Waals surface area contributed by atoms with Crippen LogP contribution in [0.1, 0.15) is 5.69 Å². The van der Waals surface area contributed by atoms with Gasteiger partial charge < -0.3 is 10.3 Å². The third kappa shape index (κ3) is 2.57. The second-order valence-electron chi connectivity index (χ2n) is 2.88. The number of aromatic amines is 1. The lowest BCUT2D eigenvalue weighted by Gasteiger charge is -2.05. The fraction of sp³-hybridized carbons (Fsp3) is 0.111. The molecule has 0 saturated heterocycles. The topological polar surface area (TPSA) is 57.8 Å². The molecule has 0 aromatic carbocycles. The maximum Gasteiger partial charge on any atom is 0.304 e. The number of thiazole rings is 1. The van der Waals surface area contributed by atoms with Crippen LogP contribution in [0.3, 0.4) is 0 Å². The Morgan fingerprint density at radius 1 is 1.60 bits per heavy atom. The largest absolute Gasteiger partial charge is 0.378 e. The minimum Gasteiger partial charge on any atom is -0.378 e. The highest BCUT2D eigenvalue weighted by Gasteiger charge is 2.00. The number of nitrogens with zero attached hydrogens (tertiary/aromatic N) is 1. The lowest BCUT2D eigenvalue weighted by molar-refractivity contribution is 1.06. The Bertz CT molecular complexity index is 508. The van der Waals surface area contributed by atoms with E-state index >= 15 is 0 Å². The summed E-state index contributed by atoms with van der Waals surface area (Å²) < 4.78 is 0. The predicted molar refractivity (Wildman–Crippen MR) is 61.5 cm³/mol. The second-order valence-corrected chi connectivity index (χ2v) is 4.13. The minimum atomic E-state index is -0.0485. The number of aromatic nitrogens is 2. The molecule has 0 atom stereocenters. The number of hydrogen-bond donors (Lipinski definition) is 2. The van der Waals surface area contributed by atoms with Gasteiger partial charge in [-0.3, -0.25) is 9.78 Å². The van der Waals surface area contributed by atoms with Crippen molar-refractivity contribution in [3.05, 3.63) is 44.2 Å². The van der Waals surface area contributed by atoms with E-state index in [0.29, 0.717) is 11.6 Å². The molecule has 0 bridgehead atoms. The smallest absolute Gasteiger partial charge is 0.304 e. The predicted octanol–water partition coefficient (Wildman–Crippen LogP) is 2.10. The van der Waals surface area contributed by atoms with Crippen LogP contribution in [0.15, 0.2) is 28.6 Å². The van der Waals surface area contributed by atoms with Crippen LogP contribution in [0.5, 0.6) is 0 Å². The maximum absolute atomic E-state index is 10.9. The molecule has 4 nitrogen and oxygen atoms in total. The third-order valence-electron chi connectivity index (χ3n) is 1.81. The highest BCUT2D eigenvalue weighted by atomic mass is 35.5. The Balaban J connectivity index is 2.05. The van der Waals surface area contributed by atoms with E-state index in [1.165, 1.54) is 0 Å². The van der Waals surface area contributed by atoms with Crippen LogP contribution in [0.4, 0.5) is 5.69 Å². The molecule has 2 rings (SSSR count). The first-order valence-corrected chi connectivity index (χ1v) is 5.51. The van der Waals surface area contributed by atoms with Gasteiger partial charge in [-0.2, -0.15) is 0 Å². The van der Waals surface area contributed by atoms with Crippen molar-refractivity contribution in [2.45, 2.75) is 6.54 Å². The summed E-state index contributed by atoms with van der Waals surface area (Å²) >= 11 is 7.05. The maximum atomic E-state index is 10.9. The van der Waals surface area contributed by atoms with Crippen LogP contribution < -0.4 is 10.2 Å². The molecular formula is C9H8ClN3OS. The number of rotatable bonds is 3. The zero-order valence-corrected chi connectivity index (χ0v) is 9.23. The Kier molecular flexibility index (Phi) is 3.03. The van der Waals surface area contributed by atoms with Crippen molar-refractivity contribution in [2.24, 2.45) is 0 Å². The molecule has 0 fully saturated rings. The minimum absolute atomic E-state index is 0.0485. The van der Waals surface area contributed by atoms with Crippen molar-refractivity contribution < 1.29 is 0 Å². The fourth-order valence-electron chi connectivity index (χ4n) is 1.11. The SMILES string of the molecule is O=c1[nH]c(CNc2ccncc2Cl)cs1. The third-order valence-corrected chi connectivity index (χ3v) is 2.83. The first-order chi connectivity index (χ1) is 7.25. The Morgan fingerprint density at radius 2 is 2.47 bits per heavy atom. The van der Waals surface area contributed by atoms with E-state index in [-0.39, 0.29) is 4.87 Å². The van der Waals surface area contributed by atoms with Crippen molar-refractivity contribution in [2.75, 3.05) is 5.32 Å². The summed E-state index contributed by atoms with van der Waals surface area (Å²) in [5, 5.41) is 5.45. The number of pyridine rings is 1. The summed E-state index contributed by atoms with van der Waals surface area (Å²) in [4.78, 5) is 17.4. The molecule has 0 aliphatic rings. The molecule has 0 spiro atoms. The summed E-state index contributed by atoms with van der Waals surface area (Å²) in [6.45, 7) is 0.544. The van der Waals surface area contributed by atoms with Gasteiger partial charge in [0.2, 0.25) is 0 Å². The van der Waals surface area contributed by atoms with E-state index in [9.17, 15) is 4.79 Å². The average molecular weight is 242 g/mol. The summed E-state index contributed by atoms with van der Waals surface area (Å²) in [5.74, 6) is 0. The quantitative estimate of drug-likeness (QED) is 0.865. The van der Waals surface area contributed by atoms with E-state index in [1.807, 2.05) is 0 Å². The molecule has 2 aromatic rings. The van der Waals surface area contributed by atoms with Crippen molar-refractivity contribution in [1.29, 1.82) is 0 Å². The van der Waals surface area contributed by atoms with Gasteiger partial charge >= 0.3 is 4.87 Å². The Hall–Kier alpha value is -1.33. The van der Waals surface area contributed by atoms with Gasteiger partial charge in [-0.15, -0.1) is 0 Å². The zero-order chi connectivity index (χ0) is 10.7. The van der Waals surface area contributed by atoms with Crippen molar-refractivity contribution in [1.82, 2.24) is 9.97 Å². The van der Waals surface area contributed by atoms with Gasteiger partial charge in [0.1, 0.15) is 0 Å². The summed E-state index contributed by atoms with van der Waals surface area (Å²) in [6.07, 6.45) is 3.23. The van der Waals surface area contributed by atoms with Gasteiger partial charge in [-0.1, -0.05) is 22.9 Å². The Morgan fingerprint density at radius 3 is 3.13 bits per heavy atom. The summed E-state index contributed by atoms with van der Waals surface area (Å²) in [5.41, 5.74) is 1.65. The standard InChI is InChI=1S/C9H8ClN3OS/c10-7-4-11-2-1-8(7)12-3-6-5-15-9(14)13-6/h1-2,4-5H,3H2,(H,11,12)(H,13,14). The van der Waals surface area contributed by atoms with E-state index in [0.717, 1.165) is 22.7 Å². The van der Waals surface area contributed by atoms with Gasteiger partial charge in [0, 0.05) is 23.5 Å². The molecule has 0 aliphatic heterocycles. The van der Waals surface area contributed by atoms with Crippen LogP contribution >= 0.6 is 22.9 Å².